The van der Waals surface area contributed by atoms with Crippen LogP contribution in [0.2, 0.25) is 0 Å². The van der Waals surface area contributed by atoms with Gasteiger partial charge in [-0.05, 0) is 55.3 Å². The standard InChI is InChI=1S/C17H21BrF2N2O3/c1-17(2,3)25-16(24)21(4)10-5-6-22(9-10)15(23)11-7-14(20)12(18)8-13(11)19/h7-8,10H,5-6,9H2,1-4H3/t10-/m1/s1. The number of amides is 2. The van der Waals surface area contributed by atoms with Crippen molar-refractivity contribution in [2.75, 3.05) is 20.1 Å². The molecule has 0 aliphatic carbocycles. The second kappa shape index (κ2) is 7.27. The van der Waals surface area contributed by atoms with E-state index >= 15 is 0 Å². The Kier molecular flexibility index (Phi) is 5.71. The number of rotatable bonds is 2. The fraction of sp³-hybridized carbons (Fsp3) is 0.529. The largest absolute Gasteiger partial charge is 0.444 e. The molecule has 0 spiro atoms. The molecule has 0 saturated carbocycles. The van der Waals surface area contributed by atoms with Gasteiger partial charge in [0.2, 0.25) is 0 Å². The van der Waals surface area contributed by atoms with Gasteiger partial charge < -0.3 is 14.5 Å². The lowest BCUT2D eigenvalue weighted by Gasteiger charge is -2.28. The van der Waals surface area contributed by atoms with Gasteiger partial charge in [-0.2, -0.15) is 0 Å². The molecule has 2 amide bonds. The summed E-state index contributed by atoms with van der Waals surface area (Å²) in [4.78, 5) is 27.4. The summed E-state index contributed by atoms with van der Waals surface area (Å²) < 4.78 is 32.9. The van der Waals surface area contributed by atoms with E-state index in [4.69, 9.17) is 4.74 Å². The fourth-order valence-electron chi connectivity index (χ4n) is 2.58. The van der Waals surface area contributed by atoms with Crippen LogP contribution in [0.3, 0.4) is 0 Å². The molecule has 1 aromatic rings. The Morgan fingerprint density at radius 3 is 2.52 bits per heavy atom. The summed E-state index contributed by atoms with van der Waals surface area (Å²) in [5.74, 6) is -2.09. The minimum absolute atomic E-state index is 0.0366. The van der Waals surface area contributed by atoms with Gasteiger partial charge in [0.25, 0.3) is 5.91 Å². The summed E-state index contributed by atoms with van der Waals surface area (Å²) in [6, 6.07) is 1.58. The summed E-state index contributed by atoms with van der Waals surface area (Å²) >= 11 is 2.88. The van der Waals surface area contributed by atoms with E-state index in [0.29, 0.717) is 13.0 Å². The highest BCUT2D eigenvalue weighted by atomic mass is 79.9. The molecule has 5 nitrogen and oxygen atoms in total. The molecule has 8 heteroatoms. The van der Waals surface area contributed by atoms with Gasteiger partial charge in [-0.3, -0.25) is 4.79 Å². The second-order valence-electron chi connectivity index (χ2n) is 7.03. The van der Waals surface area contributed by atoms with Crippen molar-refractivity contribution in [2.24, 2.45) is 0 Å². The molecule has 0 aromatic heterocycles. The van der Waals surface area contributed by atoms with E-state index in [1.165, 1.54) is 9.80 Å². The maximum atomic E-state index is 14.0. The molecule has 1 heterocycles. The van der Waals surface area contributed by atoms with Crippen molar-refractivity contribution in [3.8, 4) is 0 Å². The van der Waals surface area contributed by atoms with Gasteiger partial charge in [0.15, 0.2) is 0 Å². The van der Waals surface area contributed by atoms with Gasteiger partial charge in [-0.15, -0.1) is 0 Å². The number of hydrogen-bond donors (Lipinski definition) is 0. The first-order valence-corrected chi connectivity index (χ1v) is 8.68. The molecular weight excluding hydrogens is 398 g/mol. The van der Waals surface area contributed by atoms with Crippen molar-refractivity contribution in [3.05, 3.63) is 33.8 Å². The molecule has 1 atom stereocenters. The van der Waals surface area contributed by atoms with Crippen molar-refractivity contribution < 1.29 is 23.1 Å². The average Bonchev–Trinajstić information content (AvgIpc) is 2.97. The smallest absolute Gasteiger partial charge is 0.410 e. The number of halogens is 3. The van der Waals surface area contributed by atoms with Crippen LogP contribution in [-0.2, 0) is 4.74 Å². The molecule has 0 unspecified atom stereocenters. The number of ether oxygens (including phenoxy) is 1. The average molecular weight is 419 g/mol. The molecule has 0 radical (unpaired) electrons. The molecule has 1 saturated heterocycles. The van der Waals surface area contributed by atoms with Crippen LogP contribution in [0.4, 0.5) is 13.6 Å². The first-order chi connectivity index (χ1) is 11.5. The predicted octanol–water partition coefficient (Wildman–Crippen LogP) is 3.81. The SMILES string of the molecule is CN(C(=O)OC(C)(C)C)[C@@H]1CCN(C(=O)c2cc(F)c(Br)cc2F)C1. The summed E-state index contributed by atoms with van der Waals surface area (Å²) in [5.41, 5.74) is -0.932. The van der Waals surface area contributed by atoms with E-state index in [2.05, 4.69) is 15.9 Å². The van der Waals surface area contributed by atoms with Crippen LogP contribution in [-0.4, -0.2) is 53.6 Å². The van der Waals surface area contributed by atoms with Gasteiger partial charge in [0, 0.05) is 20.1 Å². The Labute approximate surface area is 154 Å². The van der Waals surface area contributed by atoms with Gasteiger partial charge in [0.1, 0.15) is 17.2 Å². The minimum atomic E-state index is -0.790. The van der Waals surface area contributed by atoms with Crippen molar-refractivity contribution >= 4 is 27.9 Å². The Morgan fingerprint density at radius 2 is 1.92 bits per heavy atom. The second-order valence-corrected chi connectivity index (χ2v) is 7.89. The maximum absolute atomic E-state index is 14.0. The fourth-order valence-corrected chi connectivity index (χ4v) is 2.90. The molecule has 25 heavy (non-hydrogen) atoms. The molecule has 2 rings (SSSR count). The maximum Gasteiger partial charge on any atom is 0.410 e. The lowest BCUT2D eigenvalue weighted by atomic mass is 10.2. The summed E-state index contributed by atoms with van der Waals surface area (Å²) in [6.45, 7) is 5.91. The minimum Gasteiger partial charge on any atom is -0.444 e. The van der Waals surface area contributed by atoms with Crippen molar-refractivity contribution in [2.45, 2.75) is 38.8 Å². The molecule has 1 aliphatic heterocycles. The zero-order chi connectivity index (χ0) is 18.9. The van der Waals surface area contributed by atoms with Crippen molar-refractivity contribution in [1.82, 2.24) is 9.80 Å². The van der Waals surface area contributed by atoms with E-state index in [-0.39, 0.29) is 22.6 Å². The third-order valence-electron chi connectivity index (χ3n) is 3.92. The van der Waals surface area contributed by atoms with E-state index in [9.17, 15) is 18.4 Å². The third-order valence-corrected chi connectivity index (χ3v) is 4.53. The van der Waals surface area contributed by atoms with E-state index in [1.807, 2.05) is 0 Å². The number of carbonyl (C=O) groups excluding carboxylic acids is 2. The van der Waals surface area contributed by atoms with Gasteiger partial charge in [-0.1, -0.05) is 0 Å². The monoisotopic (exact) mass is 418 g/mol. The van der Waals surface area contributed by atoms with Gasteiger partial charge >= 0.3 is 6.09 Å². The van der Waals surface area contributed by atoms with Crippen molar-refractivity contribution in [3.63, 3.8) is 0 Å². The predicted molar refractivity (Wildman–Crippen MR) is 92.4 cm³/mol. The number of benzene rings is 1. The number of likely N-dealkylation sites (tertiary alicyclic amines) is 1. The van der Waals surface area contributed by atoms with Crippen LogP contribution in [0.5, 0.6) is 0 Å². The van der Waals surface area contributed by atoms with E-state index < -0.39 is 29.2 Å². The molecular formula is C17H21BrF2N2O3. The lowest BCUT2D eigenvalue weighted by molar-refractivity contribution is 0.0226. The van der Waals surface area contributed by atoms with Crippen molar-refractivity contribution in [1.29, 1.82) is 0 Å². The number of likely N-dealkylation sites (N-methyl/N-ethyl adjacent to an activating group) is 1. The summed E-state index contributed by atoms with van der Waals surface area (Å²) in [7, 11) is 1.60. The first kappa shape index (κ1) is 19.6. The van der Waals surface area contributed by atoms with Crippen LogP contribution in [0.15, 0.2) is 16.6 Å². The molecule has 0 N–H and O–H groups in total. The van der Waals surface area contributed by atoms with E-state index in [1.54, 1.807) is 27.8 Å². The van der Waals surface area contributed by atoms with Gasteiger partial charge in [-0.25, -0.2) is 13.6 Å². The Balaban J connectivity index is 2.06. The van der Waals surface area contributed by atoms with Gasteiger partial charge in [0.05, 0.1) is 16.1 Å². The number of nitrogens with zero attached hydrogens (tertiary/aromatic N) is 2. The Morgan fingerprint density at radius 1 is 1.28 bits per heavy atom. The van der Waals surface area contributed by atoms with Crippen LogP contribution in [0, 0.1) is 11.6 Å². The molecule has 0 bridgehead atoms. The zero-order valence-corrected chi connectivity index (χ0v) is 16.2. The molecule has 1 aliphatic rings. The third kappa shape index (κ3) is 4.68. The first-order valence-electron chi connectivity index (χ1n) is 7.89. The normalized spacial score (nSPS) is 17.6. The van der Waals surface area contributed by atoms with Crippen LogP contribution < -0.4 is 0 Å². The highest BCUT2D eigenvalue weighted by Crippen LogP contribution is 2.24. The molecule has 138 valence electrons. The summed E-state index contributed by atoms with van der Waals surface area (Å²) in [6.07, 6.45) is 0.0647. The zero-order valence-electron chi connectivity index (χ0n) is 14.6. The van der Waals surface area contributed by atoms with E-state index in [0.717, 1.165) is 12.1 Å². The Hall–Kier alpha value is -1.70. The highest BCUT2D eigenvalue weighted by molar-refractivity contribution is 9.10. The quantitative estimate of drug-likeness (QED) is 0.686. The molecule has 1 aromatic carbocycles. The summed E-state index contributed by atoms with van der Waals surface area (Å²) in [5, 5.41) is 0. The highest BCUT2D eigenvalue weighted by Gasteiger charge is 2.34. The topological polar surface area (TPSA) is 49.9 Å². The number of hydrogen-bond acceptors (Lipinski definition) is 3. The number of carbonyl (C=O) groups is 2. The van der Waals surface area contributed by atoms with Crippen LogP contribution >= 0.6 is 15.9 Å². The lowest BCUT2D eigenvalue weighted by Crippen LogP contribution is -2.42. The molecule has 1 fully saturated rings. The van der Waals surface area contributed by atoms with Crippen LogP contribution in [0.1, 0.15) is 37.6 Å². The Bertz CT molecular complexity index is 691. The van der Waals surface area contributed by atoms with Crippen LogP contribution in [0.25, 0.3) is 0 Å².